The summed E-state index contributed by atoms with van der Waals surface area (Å²) in [6.45, 7) is 4.20. The first-order valence-electron chi connectivity index (χ1n) is 7.20. The van der Waals surface area contributed by atoms with Gasteiger partial charge in [0.15, 0.2) is 0 Å². The molecule has 0 unspecified atom stereocenters. The standard InChI is InChI=1S/C18H18N4/c1-13-8-9-16(12-14(13)2)20-17-10-11-19-18(22-17)21-15-6-4-3-5-7-15/h3-12H,1-2H3,(H2,19,20,21,22). The van der Waals surface area contributed by atoms with Gasteiger partial charge in [-0.15, -0.1) is 0 Å². The monoisotopic (exact) mass is 290 g/mol. The molecule has 2 aromatic carbocycles. The summed E-state index contributed by atoms with van der Waals surface area (Å²) in [4.78, 5) is 8.73. The molecule has 4 nitrogen and oxygen atoms in total. The van der Waals surface area contributed by atoms with Crippen LogP contribution in [0.25, 0.3) is 0 Å². The highest BCUT2D eigenvalue weighted by Crippen LogP contribution is 2.19. The van der Waals surface area contributed by atoms with Crippen LogP contribution in [0.1, 0.15) is 11.1 Å². The van der Waals surface area contributed by atoms with Gasteiger partial charge < -0.3 is 10.6 Å². The first-order valence-corrected chi connectivity index (χ1v) is 7.20. The number of nitrogens with one attached hydrogen (secondary N) is 2. The Balaban J connectivity index is 1.77. The molecule has 1 heterocycles. The zero-order chi connectivity index (χ0) is 15.4. The molecule has 110 valence electrons. The number of hydrogen-bond donors (Lipinski definition) is 2. The van der Waals surface area contributed by atoms with Gasteiger partial charge in [0.25, 0.3) is 0 Å². The summed E-state index contributed by atoms with van der Waals surface area (Å²) in [7, 11) is 0. The predicted octanol–water partition coefficient (Wildman–Crippen LogP) is 4.58. The molecular formula is C18H18N4. The average molecular weight is 290 g/mol. The first-order chi connectivity index (χ1) is 10.7. The van der Waals surface area contributed by atoms with Crippen LogP contribution in [-0.4, -0.2) is 9.97 Å². The van der Waals surface area contributed by atoms with E-state index in [1.807, 2.05) is 36.4 Å². The molecule has 4 heteroatoms. The maximum atomic E-state index is 4.48. The lowest BCUT2D eigenvalue weighted by Crippen LogP contribution is -2.00. The van der Waals surface area contributed by atoms with Crippen LogP contribution < -0.4 is 10.6 Å². The van der Waals surface area contributed by atoms with Crippen molar-refractivity contribution in [3.8, 4) is 0 Å². The molecule has 0 radical (unpaired) electrons. The fourth-order valence-electron chi connectivity index (χ4n) is 2.11. The molecule has 22 heavy (non-hydrogen) atoms. The van der Waals surface area contributed by atoms with Gasteiger partial charge in [0.1, 0.15) is 5.82 Å². The van der Waals surface area contributed by atoms with Crippen LogP contribution in [0.4, 0.5) is 23.1 Å². The zero-order valence-corrected chi connectivity index (χ0v) is 12.7. The Morgan fingerprint density at radius 1 is 0.773 bits per heavy atom. The smallest absolute Gasteiger partial charge is 0.229 e. The maximum Gasteiger partial charge on any atom is 0.229 e. The minimum absolute atomic E-state index is 0.569. The van der Waals surface area contributed by atoms with Crippen molar-refractivity contribution in [2.24, 2.45) is 0 Å². The van der Waals surface area contributed by atoms with Gasteiger partial charge in [-0.05, 0) is 55.3 Å². The van der Waals surface area contributed by atoms with Gasteiger partial charge in [0.05, 0.1) is 0 Å². The lowest BCUT2D eigenvalue weighted by Gasteiger charge is -2.09. The molecule has 0 amide bonds. The van der Waals surface area contributed by atoms with E-state index < -0.39 is 0 Å². The van der Waals surface area contributed by atoms with E-state index in [1.165, 1.54) is 11.1 Å². The van der Waals surface area contributed by atoms with Crippen LogP contribution in [-0.2, 0) is 0 Å². The van der Waals surface area contributed by atoms with Crippen LogP contribution in [0.3, 0.4) is 0 Å². The van der Waals surface area contributed by atoms with Gasteiger partial charge in [0, 0.05) is 17.6 Å². The van der Waals surface area contributed by atoms with Crippen LogP contribution in [0.5, 0.6) is 0 Å². The molecule has 0 aliphatic heterocycles. The fourth-order valence-corrected chi connectivity index (χ4v) is 2.11. The number of nitrogens with zero attached hydrogens (tertiary/aromatic N) is 2. The molecule has 0 atom stereocenters. The molecule has 0 saturated carbocycles. The number of benzene rings is 2. The molecule has 0 saturated heterocycles. The first kappa shape index (κ1) is 14.1. The van der Waals surface area contributed by atoms with Crippen LogP contribution in [0.15, 0.2) is 60.8 Å². The SMILES string of the molecule is Cc1ccc(Nc2ccnc(Nc3ccccc3)n2)cc1C. The average Bonchev–Trinajstić information content (AvgIpc) is 2.52. The molecule has 0 aliphatic carbocycles. The predicted molar refractivity (Wildman–Crippen MR) is 91.0 cm³/mol. The lowest BCUT2D eigenvalue weighted by atomic mass is 10.1. The van der Waals surface area contributed by atoms with Crippen molar-refractivity contribution >= 4 is 23.1 Å². The van der Waals surface area contributed by atoms with E-state index in [4.69, 9.17) is 0 Å². The van der Waals surface area contributed by atoms with Gasteiger partial charge in [-0.2, -0.15) is 4.98 Å². The summed E-state index contributed by atoms with van der Waals surface area (Å²) < 4.78 is 0. The quantitative estimate of drug-likeness (QED) is 0.738. The Kier molecular flexibility index (Phi) is 4.01. The molecule has 3 aromatic rings. The highest BCUT2D eigenvalue weighted by molar-refractivity contribution is 5.60. The number of hydrogen-bond acceptors (Lipinski definition) is 4. The van der Waals surface area contributed by atoms with Crippen molar-refractivity contribution in [2.75, 3.05) is 10.6 Å². The van der Waals surface area contributed by atoms with E-state index in [0.29, 0.717) is 5.95 Å². The topological polar surface area (TPSA) is 49.8 Å². The Hall–Kier alpha value is -2.88. The van der Waals surface area contributed by atoms with E-state index in [-0.39, 0.29) is 0 Å². The normalized spacial score (nSPS) is 10.3. The molecule has 0 aliphatic rings. The Morgan fingerprint density at radius 3 is 2.36 bits per heavy atom. The van der Waals surface area contributed by atoms with E-state index in [2.05, 4.69) is 52.6 Å². The summed E-state index contributed by atoms with van der Waals surface area (Å²) in [5, 5.41) is 6.50. The summed E-state index contributed by atoms with van der Waals surface area (Å²) >= 11 is 0. The summed E-state index contributed by atoms with van der Waals surface area (Å²) in [6.07, 6.45) is 1.74. The second kappa shape index (κ2) is 6.26. The number of para-hydroxylation sites is 1. The van der Waals surface area contributed by atoms with E-state index in [9.17, 15) is 0 Å². The van der Waals surface area contributed by atoms with Gasteiger partial charge in [-0.1, -0.05) is 24.3 Å². The third-order valence-electron chi connectivity index (χ3n) is 3.46. The highest BCUT2D eigenvalue weighted by atomic mass is 15.1. The van der Waals surface area contributed by atoms with Crippen molar-refractivity contribution in [1.29, 1.82) is 0 Å². The van der Waals surface area contributed by atoms with E-state index in [1.54, 1.807) is 6.20 Å². The van der Waals surface area contributed by atoms with Crippen molar-refractivity contribution in [1.82, 2.24) is 9.97 Å². The second-order valence-corrected chi connectivity index (χ2v) is 5.18. The van der Waals surface area contributed by atoms with Gasteiger partial charge in [-0.25, -0.2) is 4.98 Å². The van der Waals surface area contributed by atoms with Crippen molar-refractivity contribution in [3.05, 3.63) is 71.9 Å². The third-order valence-corrected chi connectivity index (χ3v) is 3.46. The van der Waals surface area contributed by atoms with E-state index in [0.717, 1.165) is 17.2 Å². The third kappa shape index (κ3) is 3.41. The van der Waals surface area contributed by atoms with Crippen LogP contribution in [0.2, 0.25) is 0 Å². The van der Waals surface area contributed by atoms with Gasteiger partial charge in [-0.3, -0.25) is 0 Å². The number of rotatable bonds is 4. The Bertz CT molecular complexity index is 769. The molecule has 0 spiro atoms. The number of anilines is 4. The Morgan fingerprint density at radius 2 is 1.59 bits per heavy atom. The molecule has 1 aromatic heterocycles. The molecule has 3 rings (SSSR count). The summed E-state index contributed by atoms with van der Waals surface area (Å²) in [5.41, 5.74) is 4.51. The van der Waals surface area contributed by atoms with Gasteiger partial charge in [0.2, 0.25) is 5.95 Å². The minimum atomic E-state index is 0.569. The van der Waals surface area contributed by atoms with Crippen molar-refractivity contribution < 1.29 is 0 Å². The lowest BCUT2D eigenvalue weighted by molar-refractivity contribution is 1.16. The van der Waals surface area contributed by atoms with Gasteiger partial charge >= 0.3 is 0 Å². The summed E-state index contributed by atoms with van der Waals surface area (Å²) in [5.74, 6) is 1.33. The molecule has 0 fully saturated rings. The fraction of sp³-hybridized carbons (Fsp3) is 0.111. The second-order valence-electron chi connectivity index (χ2n) is 5.18. The van der Waals surface area contributed by atoms with Crippen molar-refractivity contribution in [3.63, 3.8) is 0 Å². The number of aromatic nitrogens is 2. The summed E-state index contributed by atoms with van der Waals surface area (Å²) in [6, 6.07) is 18.0. The van der Waals surface area contributed by atoms with Crippen molar-refractivity contribution in [2.45, 2.75) is 13.8 Å². The molecule has 2 N–H and O–H groups in total. The Labute approximate surface area is 130 Å². The zero-order valence-electron chi connectivity index (χ0n) is 12.7. The number of aryl methyl sites for hydroxylation is 2. The molecule has 0 bridgehead atoms. The van der Waals surface area contributed by atoms with Crippen LogP contribution >= 0.6 is 0 Å². The van der Waals surface area contributed by atoms with E-state index >= 15 is 0 Å². The van der Waals surface area contributed by atoms with Crippen LogP contribution in [0, 0.1) is 13.8 Å². The minimum Gasteiger partial charge on any atom is -0.340 e. The highest BCUT2D eigenvalue weighted by Gasteiger charge is 2.02. The largest absolute Gasteiger partial charge is 0.340 e. The molecular weight excluding hydrogens is 272 g/mol. The maximum absolute atomic E-state index is 4.48.